The summed E-state index contributed by atoms with van der Waals surface area (Å²) in [6.07, 6.45) is -3.12. The summed E-state index contributed by atoms with van der Waals surface area (Å²) in [6, 6.07) is 5.62. The van der Waals surface area contributed by atoms with E-state index >= 15 is 0 Å². The molecule has 7 nitrogen and oxygen atoms in total. The summed E-state index contributed by atoms with van der Waals surface area (Å²) in [5.41, 5.74) is 1.61. The number of hydrogen-bond acceptors (Lipinski definition) is 6. The Morgan fingerprint density at radius 1 is 1.21 bits per heavy atom. The van der Waals surface area contributed by atoms with E-state index in [0.717, 1.165) is 5.57 Å². The Labute approximate surface area is 229 Å². The van der Waals surface area contributed by atoms with Crippen molar-refractivity contribution in [2.24, 2.45) is 0 Å². The van der Waals surface area contributed by atoms with Crippen LogP contribution in [0.3, 0.4) is 0 Å². The lowest BCUT2D eigenvalue weighted by atomic mass is 9.92. The largest absolute Gasteiger partial charge is 0.496 e. The predicted octanol–water partition coefficient (Wildman–Crippen LogP) is 6.51. The molecule has 0 radical (unpaired) electrons. The molecule has 0 unspecified atom stereocenters. The number of hydrogen-bond donors (Lipinski definition) is 0. The number of nitrogens with zero attached hydrogens (tertiary/aromatic N) is 1. The number of ether oxygens (including phenoxy) is 3. The monoisotopic (exact) mass is 567 g/mol. The zero-order valence-electron chi connectivity index (χ0n) is 22.2. The third-order valence-electron chi connectivity index (χ3n) is 6.30. The Morgan fingerprint density at radius 2 is 1.87 bits per heavy atom. The molecule has 2 aromatic rings. The number of carbonyl (C=O) groups excluding carboxylic acids is 3. The summed E-state index contributed by atoms with van der Waals surface area (Å²) >= 11 is 6.02. The van der Waals surface area contributed by atoms with Crippen LogP contribution in [0.15, 0.2) is 35.9 Å². The Hall–Kier alpha value is -3.53. The lowest BCUT2D eigenvalue weighted by Gasteiger charge is -2.32. The lowest BCUT2D eigenvalue weighted by molar-refractivity contribution is -0.170. The minimum absolute atomic E-state index is 0.0256. The maximum absolute atomic E-state index is 13.7. The fraction of sp³-hybridized carbons (Fsp3) is 0.393. The molecule has 0 aliphatic carbocycles. The number of cyclic esters (lactones) is 1. The molecule has 0 N–H and O–H groups in total. The van der Waals surface area contributed by atoms with Gasteiger partial charge in [-0.05, 0) is 58.2 Å². The molecule has 1 aliphatic rings. The van der Waals surface area contributed by atoms with E-state index in [4.69, 9.17) is 25.8 Å². The maximum atomic E-state index is 13.7. The zero-order valence-corrected chi connectivity index (χ0v) is 23.0. The van der Waals surface area contributed by atoms with Gasteiger partial charge in [0.25, 0.3) is 0 Å². The standard InChI is InChI=1S/C28H29ClF3NO6/c1-15(2)33(27(36)28(30,31)32)24-18(25(37-5)17(4)19-14-38-26(35)23(19)24)12-10-16(3)11-13-22(34)39-21-9-7-6-8-20(21)29/h6-10,15H,11-14H2,1-5H3/b16-10+. The van der Waals surface area contributed by atoms with Crippen molar-refractivity contribution in [1.29, 1.82) is 0 Å². The first-order valence-corrected chi connectivity index (χ1v) is 12.6. The van der Waals surface area contributed by atoms with Gasteiger partial charge in [-0.25, -0.2) is 4.79 Å². The molecular formula is C28H29ClF3NO6. The van der Waals surface area contributed by atoms with Crippen molar-refractivity contribution < 1.29 is 41.8 Å². The van der Waals surface area contributed by atoms with E-state index in [1.54, 1.807) is 44.2 Å². The van der Waals surface area contributed by atoms with Gasteiger partial charge in [0.2, 0.25) is 0 Å². The highest BCUT2D eigenvalue weighted by atomic mass is 35.5. The number of amides is 1. The topological polar surface area (TPSA) is 82.1 Å². The number of rotatable bonds is 9. The molecule has 0 fully saturated rings. The van der Waals surface area contributed by atoms with Crippen LogP contribution in [0, 0.1) is 6.92 Å². The molecule has 0 spiro atoms. The van der Waals surface area contributed by atoms with Crippen molar-refractivity contribution in [2.45, 2.75) is 65.8 Å². The Morgan fingerprint density at radius 3 is 2.46 bits per heavy atom. The number of anilines is 1. The highest BCUT2D eigenvalue weighted by molar-refractivity contribution is 6.32. The number of halogens is 4. The van der Waals surface area contributed by atoms with Crippen molar-refractivity contribution in [3.63, 3.8) is 0 Å². The molecule has 1 amide bonds. The van der Waals surface area contributed by atoms with Crippen LogP contribution in [0.2, 0.25) is 5.02 Å². The van der Waals surface area contributed by atoms with Crippen LogP contribution in [0.25, 0.3) is 0 Å². The van der Waals surface area contributed by atoms with Gasteiger partial charge in [0.05, 0.1) is 23.4 Å². The smallest absolute Gasteiger partial charge is 0.471 e. The Balaban J connectivity index is 1.98. The van der Waals surface area contributed by atoms with Gasteiger partial charge >= 0.3 is 24.0 Å². The van der Waals surface area contributed by atoms with E-state index in [1.807, 2.05) is 0 Å². The number of esters is 2. The molecule has 0 saturated heterocycles. The van der Waals surface area contributed by atoms with Crippen molar-refractivity contribution in [2.75, 3.05) is 12.0 Å². The number of fused-ring (bicyclic) bond motifs is 1. The summed E-state index contributed by atoms with van der Waals surface area (Å²) in [5.74, 6) is -2.93. The van der Waals surface area contributed by atoms with Gasteiger partial charge in [-0.15, -0.1) is 0 Å². The van der Waals surface area contributed by atoms with Gasteiger partial charge < -0.3 is 19.1 Å². The van der Waals surface area contributed by atoms with Gasteiger partial charge in [0.15, 0.2) is 0 Å². The second kappa shape index (κ2) is 12.1. The molecule has 0 saturated carbocycles. The molecule has 0 atom stereocenters. The number of alkyl halides is 3. The van der Waals surface area contributed by atoms with E-state index in [1.165, 1.54) is 21.0 Å². The van der Waals surface area contributed by atoms with E-state index in [2.05, 4.69) is 0 Å². The summed E-state index contributed by atoms with van der Waals surface area (Å²) < 4.78 is 57.0. The van der Waals surface area contributed by atoms with Crippen LogP contribution in [0.4, 0.5) is 18.9 Å². The number of benzene rings is 2. The maximum Gasteiger partial charge on any atom is 0.471 e. The van der Waals surface area contributed by atoms with Crippen LogP contribution in [0.5, 0.6) is 11.5 Å². The molecule has 1 heterocycles. The number of carbonyl (C=O) groups is 3. The first-order valence-electron chi connectivity index (χ1n) is 12.2. The molecule has 3 rings (SSSR count). The second-order valence-electron chi connectivity index (χ2n) is 9.34. The number of methoxy groups -OCH3 is 1. The summed E-state index contributed by atoms with van der Waals surface area (Å²) in [7, 11) is 1.37. The predicted molar refractivity (Wildman–Crippen MR) is 139 cm³/mol. The molecule has 0 bridgehead atoms. The molecule has 210 valence electrons. The van der Waals surface area contributed by atoms with E-state index in [9.17, 15) is 27.6 Å². The highest BCUT2D eigenvalue weighted by Gasteiger charge is 2.47. The van der Waals surface area contributed by atoms with Crippen LogP contribution in [0.1, 0.15) is 60.7 Å². The first kappa shape index (κ1) is 30.0. The summed E-state index contributed by atoms with van der Waals surface area (Å²) in [4.78, 5) is 38.2. The first-order chi connectivity index (χ1) is 18.3. The van der Waals surface area contributed by atoms with Gasteiger partial charge in [-0.3, -0.25) is 9.59 Å². The molecule has 11 heteroatoms. The van der Waals surface area contributed by atoms with Crippen LogP contribution in [-0.2, 0) is 27.4 Å². The van der Waals surface area contributed by atoms with Crippen molar-refractivity contribution in [3.8, 4) is 11.5 Å². The van der Waals surface area contributed by atoms with Gasteiger partial charge in [0, 0.05) is 23.6 Å². The second-order valence-corrected chi connectivity index (χ2v) is 9.75. The van der Waals surface area contributed by atoms with Crippen LogP contribution >= 0.6 is 11.6 Å². The molecule has 0 aromatic heterocycles. The van der Waals surface area contributed by atoms with Gasteiger partial charge in [-0.1, -0.05) is 35.4 Å². The fourth-order valence-electron chi connectivity index (χ4n) is 4.40. The molecule has 1 aliphatic heterocycles. The minimum Gasteiger partial charge on any atom is -0.496 e. The van der Waals surface area contributed by atoms with Crippen LogP contribution < -0.4 is 14.4 Å². The van der Waals surface area contributed by atoms with E-state index in [-0.39, 0.29) is 47.8 Å². The normalized spacial score (nSPS) is 13.3. The average Bonchev–Trinajstić information content (AvgIpc) is 3.25. The van der Waals surface area contributed by atoms with E-state index in [0.29, 0.717) is 27.5 Å². The van der Waals surface area contributed by atoms with Gasteiger partial charge in [-0.2, -0.15) is 13.2 Å². The summed E-state index contributed by atoms with van der Waals surface area (Å²) in [5, 5.41) is 0.298. The fourth-order valence-corrected chi connectivity index (χ4v) is 4.58. The number of allylic oxidation sites excluding steroid dienone is 2. The van der Waals surface area contributed by atoms with Crippen molar-refractivity contribution >= 4 is 35.1 Å². The average molecular weight is 568 g/mol. The van der Waals surface area contributed by atoms with E-state index < -0.39 is 30.1 Å². The lowest BCUT2D eigenvalue weighted by Crippen LogP contribution is -2.46. The SMILES string of the molecule is COc1c(C)c2c(c(N(C(=O)C(F)(F)F)C(C)C)c1C/C=C(\C)CCC(=O)Oc1ccccc1Cl)C(=O)OC2. The Kier molecular flexibility index (Phi) is 9.32. The highest BCUT2D eigenvalue weighted by Crippen LogP contribution is 2.44. The number of para-hydroxylation sites is 1. The minimum atomic E-state index is -5.18. The molecule has 39 heavy (non-hydrogen) atoms. The molecule has 2 aromatic carbocycles. The summed E-state index contributed by atoms with van der Waals surface area (Å²) in [6.45, 7) is 6.15. The van der Waals surface area contributed by atoms with Crippen LogP contribution in [-0.4, -0.2) is 37.2 Å². The Bertz CT molecular complexity index is 1320. The third kappa shape index (κ3) is 6.55. The van der Waals surface area contributed by atoms with Crippen molar-refractivity contribution in [1.82, 2.24) is 0 Å². The molecular weight excluding hydrogens is 539 g/mol. The van der Waals surface area contributed by atoms with Crippen molar-refractivity contribution in [3.05, 3.63) is 63.2 Å². The van der Waals surface area contributed by atoms with Gasteiger partial charge in [0.1, 0.15) is 18.1 Å². The quantitative estimate of drug-likeness (QED) is 0.195. The third-order valence-corrected chi connectivity index (χ3v) is 6.62. The zero-order chi connectivity index (χ0) is 29.1.